The average Bonchev–Trinajstić information content (AvgIpc) is 3.58. The Morgan fingerprint density at radius 3 is 1.20 bits per heavy atom. The number of benzene rings is 5. The van der Waals surface area contributed by atoms with Gasteiger partial charge in [0.15, 0.2) is 0 Å². The van der Waals surface area contributed by atoms with Crippen molar-refractivity contribution in [2.45, 2.75) is 77.6 Å². The minimum atomic E-state index is -1.11. The van der Waals surface area contributed by atoms with Crippen LogP contribution in [-0.4, -0.2) is 17.6 Å². The molecule has 5 aromatic carbocycles. The van der Waals surface area contributed by atoms with Gasteiger partial charge in [-0.15, -0.1) is 33.8 Å². The van der Waals surface area contributed by atoms with Crippen LogP contribution < -0.4 is 0 Å². The largest absolute Gasteiger partial charge is 0.135 e. The van der Waals surface area contributed by atoms with Crippen LogP contribution in [0, 0.1) is 22.9 Å². The molecule has 2 aromatic heterocycles. The fraction of sp³-hybridized carbons (Fsp3) is 0.286. The van der Waals surface area contributed by atoms with Crippen molar-refractivity contribution < 1.29 is 0 Å². The maximum atomic E-state index is 3.72. The van der Waals surface area contributed by atoms with Crippen LogP contribution in [0.25, 0.3) is 61.9 Å². The SMILES string of the molecule is CC(C)[SiH](C#Cc1ccc2sc3c4cc5ccc6c7cc(C#C[SiH](C(C)C)C(C)C)ccc7sc6c5cc4ccc3c2c1)C(C)C. The molecule has 0 aliphatic heterocycles. The van der Waals surface area contributed by atoms with E-state index in [0.717, 1.165) is 11.1 Å². The highest BCUT2D eigenvalue weighted by Gasteiger charge is 2.18. The molecule has 4 heteroatoms. The Morgan fingerprint density at radius 1 is 0.435 bits per heavy atom. The first-order valence-electron chi connectivity index (χ1n) is 16.8. The quantitative estimate of drug-likeness (QED) is 0.0996. The second kappa shape index (κ2) is 12.3. The molecular weight excluding hydrogens is 625 g/mol. The highest BCUT2D eigenvalue weighted by Crippen LogP contribution is 2.43. The van der Waals surface area contributed by atoms with E-state index in [1.54, 1.807) is 0 Å². The van der Waals surface area contributed by atoms with E-state index in [9.17, 15) is 0 Å². The van der Waals surface area contributed by atoms with Gasteiger partial charge in [-0.2, -0.15) is 0 Å². The molecule has 0 spiro atoms. The summed E-state index contributed by atoms with van der Waals surface area (Å²) in [6, 6.07) is 27.8. The van der Waals surface area contributed by atoms with Crippen LogP contribution in [-0.2, 0) is 0 Å². The third-order valence-corrected chi connectivity index (χ3v) is 18.8. The number of hydrogen-bond donors (Lipinski definition) is 0. The van der Waals surface area contributed by atoms with Gasteiger partial charge in [0.1, 0.15) is 17.6 Å². The van der Waals surface area contributed by atoms with E-state index < -0.39 is 17.6 Å². The summed E-state index contributed by atoms with van der Waals surface area (Å²) in [5.41, 5.74) is 12.5. The summed E-state index contributed by atoms with van der Waals surface area (Å²) < 4.78 is 5.43. The van der Waals surface area contributed by atoms with Crippen LogP contribution in [0.2, 0.25) is 22.2 Å². The van der Waals surface area contributed by atoms with Gasteiger partial charge in [-0.3, -0.25) is 0 Å². The Labute approximate surface area is 285 Å². The fourth-order valence-electron chi connectivity index (χ4n) is 7.31. The van der Waals surface area contributed by atoms with Gasteiger partial charge in [0.2, 0.25) is 0 Å². The lowest BCUT2D eigenvalue weighted by atomic mass is 9.99. The lowest BCUT2D eigenvalue weighted by molar-refractivity contribution is 0.954. The first-order valence-corrected chi connectivity index (χ1v) is 22.3. The Morgan fingerprint density at radius 2 is 0.826 bits per heavy atom. The molecule has 0 aliphatic carbocycles. The van der Waals surface area contributed by atoms with E-state index in [-0.39, 0.29) is 0 Å². The van der Waals surface area contributed by atoms with E-state index in [2.05, 4.69) is 151 Å². The molecule has 0 N–H and O–H groups in total. The van der Waals surface area contributed by atoms with Gasteiger partial charge >= 0.3 is 0 Å². The van der Waals surface area contributed by atoms with E-state index in [4.69, 9.17) is 0 Å². The Bertz CT molecular complexity index is 2230. The smallest absolute Gasteiger partial charge is 0.128 e. The maximum Gasteiger partial charge on any atom is 0.128 e. The summed E-state index contributed by atoms with van der Waals surface area (Å²) in [4.78, 5) is 0. The molecule has 0 saturated carbocycles. The molecule has 7 rings (SSSR count). The molecule has 0 fully saturated rings. The summed E-state index contributed by atoms with van der Waals surface area (Å²) in [5.74, 6) is 7.16. The van der Waals surface area contributed by atoms with Crippen molar-refractivity contribution in [2.24, 2.45) is 0 Å². The lowest BCUT2D eigenvalue weighted by Crippen LogP contribution is -2.18. The third-order valence-electron chi connectivity index (χ3n) is 9.66. The molecule has 0 amide bonds. The molecule has 0 aliphatic rings. The van der Waals surface area contributed by atoms with E-state index in [1.165, 1.54) is 61.9 Å². The number of hydrogen-bond acceptors (Lipinski definition) is 2. The Kier molecular flexibility index (Phi) is 8.37. The summed E-state index contributed by atoms with van der Waals surface area (Å²) in [6.45, 7) is 18.7. The molecule has 0 radical (unpaired) electrons. The van der Waals surface area contributed by atoms with Crippen molar-refractivity contribution in [1.29, 1.82) is 0 Å². The number of rotatable bonds is 4. The molecule has 0 unspecified atom stereocenters. The van der Waals surface area contributed by atoms with Gasteiger partial charge in [0.25, 0.3) is 0 Å². The molecule has 0 bridgehead atoms. The van der Waals surface area contributed by atoms with E-state index >= 15 is 0 Å². The summed E-state index contributed by atoms with van der Waals surface area (Å²) >= 11 is 3.83. The Hall–Kier alpha value is -3.39. The number of thiophene rings is 2. The molecular formula is C42H42S2Si2. The molecule has 7 aromatic rings. The predicted octanol–water partition coefficient (Wildman–Crippen LogP) is 12.6. The monoisotopic (exact) mass is 666 g/mol. The zero-order valence-corrected chi connectivity index (χ0v) is 32.2. The number of fused-ring (bicyclic) bond motifs is 10. The van der Waals surface area contributed by atoms with Crippen molar-refractivity contribution in [3.63, 3.8) is 0 Å². The van der Waals surface area contributed by atoms with Crippen LogP contribution in [0.3, 0.4) is 0 Å². The van der Waals surface area contributed by atoms with Crippen LogP contribution in [0.1, 0.15) is 66.5 Å². The third kappa shape index (κ3) is 5.61. The molecule has 0 nitrogen and oxygen atoms in total. The zero-order chi connectivity index (χ0) is 32.3. The molecule has 0 atom stereocenters. The van der Waals surface area contributed by atoms with Crippen molar-refractivity contribution >= 4 is 102 Å². The first-order chi connectivity index (χ1) is 22.1. The summed E-state index contributed by atoms with van der Waals surface area (Å²) in [5, 5.41) is 10.7. The lowest BCUT2D eigenvalue weighted by Gasteiger charge is -2.16. The van der Waals surface area contributed by atoms with Crippen molar-refractivity contribution in [1.82, 2.24) is 0 Å². The maximum absolute atomic E-state index is 3.72. The highest BCUT2D eigenvalue weighted by atomic mass is 32.1. The second-order valence-corrected chi connectivity index (χ2v) is 24.5. The van der Waals surface area contributed by atoms with Gasteiger partial charge in [-0.25, -0.2) is 0 Å². The second-order valence-electron chi connectivity index (χ2n) is 14.4. The summed E-state index contributed by atoms with van der Waals surface area (Å²) in [7, 11) is -2.22. The Balaban J connectivity index is 1.32. The molecule has 230 valence electrons. The van der Waals surface area contributed by atoms with Crippen LogP contribution in [0.5, 0.6) is 0 Å². The summed E-state index contributed by atoms with van der Waals surface area (Å²) in [6.07, 6.45) is 0. The van der Waals surface area contributed by atoms with Crippen LogP contribution >= 0.6 is 22.7 Å². The minimum Gasteiger partial charge on any atom is -0.135 e. The standard InChI is InChI=1S/C42H42S2Si2/c1-25(2)45(26(3)4)19-17-29-9-15-39-37(21-29)33-13-11-31-24-36-32(23-35(31)41(33)43-39)12-14-34-38-22-30(10-16-40(38)44-42(34)36)18-20-46(27(5)6)28(7)8/h9-16,21-28,45-46H,1-8H3. The predicted molar refractivity (Wildman–Crippen MR) is 216 cm³/mol. The van der Waals surface area contributed by atoms with Crippen molar-refractivity contribution in [3.8, 4) is 22.9 Å². The van der Waals surface area contributed by atoms with E-state index in [1.807, 2.05) is 22.7 Å². The molecule has 2 heterocycles. The zero-order valence-electron chi connectivity index (χ0n) is 28.2. The van der Waals surface area contributed by atoms with Crippen molar-refractivity contribution in [2.75, 3.05) is 0 Å². The van der Waals surface area contributed by atoms with Gasteiger partial charge in [-0.1, -0.05) is 91.5 Å². The normalized spacial score (nSPS) is 12.3. The topological polar surface area (TPSA) is 0 Å². The first kappa shape index (κ1) is 31.2. The van der Waals surface area contributed by atoms with Crippen LogP contribution in [0.4, 0.5) is 0 Å². The van der Waals surface area contributed by atoms with Crippen LogP contribution in [0.15, 0.2) is 72.8 Å². The van der Waals surface area contributed by atoms with Gasteiger partial charge in [0, 0.05) is 62.2 Å². The van der Waals surface area contributed by atoms with E-state index in [0.29, 0.717) is 22.2 Å². The molecule has 0 saturated heterocycles. The molecule has 46 heavy (non-hydrogen) atoms. The van der Waals surface area contributed by atoms with Gasteiger partial charge in [0.05, 0.1) is 0 Å². The van der Waals surface area contributed by atoms with Gasteiger partial charge < -0.3 is 0 Å². The van der Waals surface area contributed by atoms with Crippen molar-refractivity contribution in [3.05, 3.63) is 83.9 Å². The van der Waals surface area contributed by atoms with Gasteiger partial charge in [-0.05, 0) is 81.5 Å². The highest BCUT2D eigenvalue weighted by molar-refractivity contribution is 7.27. The average molecular weight is 667 g/mol. The minimum absolute atomic E-state index is 0.693. The fourth-order valence-corrected chi connectivity index (χ4v) is 14.8.